The van der Waals surface area contributed by atoms with Gasteiger partial charge in [-0.2, -0.15) is 0 Å². The molecule has 11 nitrogen and oxygen atoms in total. The molecule has 1 aliphatic rings. The Morgan fingerprint density at radius 3 is 2.57 bits per heavy atom. The zero-order chi connectivity index (χ0) is 26.8. The van der Waals surface area contributed by atoms with Crippen molar-refractivity contribution in [3.63, 3.8) is 0 Å². The van der Waals surface area contributed by atoms with Gasteiger partial charge in [0.25, 0.3) is 11.9 Å². The van der Waals surface area contributed by atoms with Gasteiger partial charge in [-0.3, -0.25) is 19.4 Å². The van der Waals surface area contributed by atoms with Crippen LogP contribution in [0, 0.1) is 5.92 Å². The van der Waals surface area contributed by atoms with E-state index in [0.29, 0.717) is 6.42 Å². The largest absolute Gasteiger partial charge is 0.551 e. The molecule has 0 radical (unpaired) electrons. The normalized spacial score (nSPS) is 16.9. The van der Waals surface area contributed by atoms with Crippen LogP contribution >= 0.6 is 0 Å². The van der Waals surface area contributed by atoms with Crippen molar-refractivity contribution in [3.05, 3.63) is 60.2 Å². The second-order valence-corrected chi connectivity index (χ2v) is 8.99. The number of nitrogens with one attached hydrogen (secondary N) is 2. The van der Waals surface area contributed by atoms with Crippen LogP contribution in [-0.4, -0.2) is 65.5 Å². The van der Waals surface area contributed by atoms with E-state index in [4.69, 9.17) is 14.0 Å². The number of carbonyl (C=O) groups is 4. The lowest BCUT2D eigenvalue weighted by atomic mass is 9.72. The fourth-order valence-corrected chi connectivity index (χ4v) is 3.85. The number of amides is 2. The number of esters is 1. The number of carbonyl (C=O) groups excluding carboxylic acids is 4. The van der Waals surface area contributed by atoms with Crippen molar-refractivity contribution in [2.24, 2.45) is 5.92 Å². The van der Waals surface area contributed by atoms with E-state index in [1.54, 1.807) is 6.92 Å². The Balaban J connectivity index is 1.80. The van der Waals surface area contributed by atoms with Crippen molar-refractivity contribution in [2.75, 3.05) is 6.61 Å². The van der Waals surface area contributed by atoms with Gasteiger partial charge in [0.2, 0.25) is 5.91 Å². The summed E-state index contributed by atoms with van der Waals surface area (Å²) >= 11 is 0. The number of nitrogens with zero attached hydrogens (tertiary/aromatic N) is 2. The van der Waals surface area contributed by atoms with E-state index in [1.807, 2.05) is 44.2 Å². The molecule has 0 unspecified atom stereocenters. The standard InChI is InChI=1S/C25H31BN4O7/c1-4-35-25(34)20-14-22(31)37-26(36-20)21(12-16(2)3)30-23(32)18(13-17-8-6-5-7-9-17)29-24(33)19-15-27-10-11-28-19/h5-11,15-16,18,20-21H,4,12-14H2,1-3H3,(H,29,33)(H,30,32)/t18-,20+,21-/m0/s1. The summed E-state index contributed by atoms with van der Waals surface area (Å²) in [6, 6.07) is 8.23. The van der Waals surface area contributed by atoms with Gasteiger partial charge in [-0.1, -0.05) is 44.2 Å². The van der Waals surface area contributed by atoms with Gasteiger partial charge in [-0.15, -0.1) is 0 Å². The molecule has 1 fully saturated rings. The van der Waals surface area contributed by atoms with Gasteiger partial charge < -0.3 is 24.7 Å². The third kappa shape index (κ3) is 8.38. The van der Waals surface area contributed by atoms with Crippen LogP contribution in [0.4, 0.5) is 0 Å². The Bertz CT molecular complexity index is 1070. The van der Waals surface area contributed by atoms with Crippen molar-refractivity contribution < 1.29 is 33.2 Å². The van der Waals surface area contributed by atoms with Gasteiger partial charge in [0.1, 0.15) is 11.7 Å². The molecule has 0 spiro atoms. The molecule has 196 valence electrons. The Kier molecular flexibility index (Phi) is 10.1. The quantitative estimate of drug-likeness (QED) is 0.337. The van der Waals surface area contributed by atoms with Crippen LogP contribution in [0.25, 0.3) is 0 Å². The van der Waals surface area contributed by atoms with Crippen molar-refractivity contribution >= 4 is 30.9 Å². The average Bonchev–Trinajstić information content (AvgIpc) is 2.88. The highest BCUT2D eigenvalue weighted by Crippen LogP contribution is 2.19. The Hall–Kier alpha value is -3.80. The Morgan fingerprint density at radius 1 is 1.16 bits per heavy atom. The molecule has 2 heterocycles. The van der Waals surface area contributed by atoms with Gasteiger partial charge >= 0.3 is 13.1 Å². The molecule has 2 aromatic rings. The van der Waals surface area contributed by atoms with E-state index >= 15 is 0 Å². The van der Waals surface area contributed by atoms with E-state index in [0.717, 1.165) is 5.56 Å². The van der Waals surface area contributed by atoms with Crippen molar-refractivity contribution in [1.82, 2.24) is 20.6 Å². The number of rotatable bonds is 11. The Labute approximate surface area is 215 Å². The summed E-state index contributed by atoms with van der Waals surface area (Å²) in [6.07, 6.45) is 3.31. The minimum absolute atomic E-state index is 0.0638. The summed E-state index contributed by atoms with van der Waals surface area (Å²) < 4.78 is 16.1. The van der Waals surface area contributed by atoms with Crippen LogP contribution < -0.4 is 10.6 Å². The third-order valence-corrected chi connectivity index (χ3v) is 5.53. The monoisotopic (exact) mass is 510 g/mol. The second-order valence-electron chi connectivity index (χ2n) is 8.99. The zero-order valence-corrected chi connectivity index (χ0v) is 21.1. The van der Waals surface area contributed by atoms with Gasteiger partial charge in [-0.05, 0) is 24.8 Å². The number of benzene rings is 1. The number of ether oxygens (including phenoxy) is 1. The maximum atomic E-state index is 13.5. The molecule has 3 atom stereocenters. The third-order valence-electron chi connectivity index (χ3n) is 5.53. The highest BCUT2D eigenvalue weighted by Gasteiger charge is 2.45. The molecule has 0 saturated carbocycles. The maximum Gasteiger partial charge on any atom is 0.551 e. The molecule has 2 amide bonds. The summed E-state index contributed by atoms with van der Waals surface area (Å²) in [4.78, 5) is 58.7. The molecule has 1 aliphatic heterocycles. The molecule has 12 heteroatoms. The molecule has 1 saturated heterocycles. The van der Waals surface area contributed by atoms with Crippen molar-refractivity contribution in [3.8, 4) is 0 Å². The van der Waals surface area contributed by atoms with Gasteiger partial charge in [-0.25, -0.2) is 9.78 Å². The number of hydrogen-bond acceptors (Lipinski definition) is 9. The van der Waals surface area contributed by atoms with E-state index in [1.165, 1.54) is 18.6 Å². The molecular weight excluding hydrogens is 479 g/mol. The molecular formula is C25H31BN4O7. The van der Waals surface area contributed by atoms with Crippen LogP contribution in [0.2, 0.25) is 0 Å². The lowest BCUT2D eigenvalue weighted by Crippen LogP contribution is -2.59. The lowest BCUT2D eigenvalue weighted by molar-refractivity contribution is -0.161. The maximum absolute atomic E-state index is 13.5. The smallest absolute Gasteiger partial charge is 0.508 e. The van der Waals surface area contributed by atoms with E-state index in [2.05, 4.69) is 20.6 Å². The molecule has 1 aromatic carbocycles. The summed E-state index contributed by atoms with van der Waals surface area (Å²) in [5, 5.41) is 5.58. The minimum atomic E-state index is -1.20. The number of hydrogen-bond donors (Lipinski definition) is 2. The zero-order valence-electron chi connectivity index (χ0n) is 21.1. The second kappa shape index (κ2) is 13.5. The highest BCUT2D eigenvalue weighted by molar-refractivity contribution is 6.50. The average molecular weight is 510 g/mol. The van der Waals surface area contributed by atoms with Crippen LogP contribution in [0.15, 0.2) is 48.9 Å². The summed E-state index contributed by atoms with van der Waals surface area (Å²) in [5.74, 6) is -3.07. The first-order chi connectivity index (χ1) is 17.8. The first kappa shape index (κ1) is 27.8. The fraction of sp³-hybridized carbons (Fsp3) is 0.440. The fourth-order valence-electron chi connectivity index (χ4n) is 3.85. The molecule has 0 aliphatic carbocycles. The molecule has 1 aromatic heterocycles. The summed E-state index contributed by atoms with van der Waals surface area (Å²) in [5.41, 5.74) is 0.888. The SMILES string of the molecule is CCOC(=O)[C@H]1CC(=O)OB([C@H](CC(C)C)NC(=O)[C@H](Cc2ccccc2)NC(=O)c2cnccn2)O1. The van der Waals surface area contributed by atoms with E-state index in [-0.39, 0.29) is 31.1 Å². The first-order valence-electron chi connectivity index (χ1n) is 12.2. The van der Waals surface area contributed by atoms with Gasteiger partial charge in [0.05, 0.1) is 25.2 Å². The molecule has 37 heavy (non-hydrogen) atoms. The topological polar surface area (TPSA) is 146 Å². The van der Waals surface area contributed by atoms with Crippen LogP contribution in [0.1, 0.15) is 49.7 Å². The predicted octanol–water partition coefficient (Wildman–Crippen LogP) is 1.27. The summed E-state index contributed by atoms with van der Waals surface area (Å²) in [6.45, 7) is 5.66. The minimum Gasteiger partial charge on any atom is -0.508 e. The van der Waals surface area contributed by atoms with E-state index in [9.17, 15) is 19.2 Å². The molecule has 0 bridgehead atoms. The van der Waals surface area contributed by atoms with Crippen molar-refractivity contribution in [2.45, 2.75) is 58.1 Å². The van der Waals surface area contributed by atoms with Crippen LogP contribution in [0.5, 0.6) is 0 Å². The first-order valence-corrected chi connectivity index (χ1v) is 12.2. The van der Waals surface area contributed by atoms with Crippen molar-refractivity contribution in [1.29, 1.82) is 0 Å². The highest BCUT2D eigenvalue weighted by atomic mass is 16.7. The van der Waals surface area contributed by atoms with E-state index < -0.39 is 49.0 Å². The Morgan fingerprint density at radius 2 is 1.92 bits per heavy atom. The van der Waals surface area contributed by atoms with Crippen LogP contribution in [-0.2, 0) is 34.9 Å². The predicted molar refractivity (Wildman–Crippen MR) is 133 cm³/mol. The van der Waals surface area contributed by atoms with Gasteiger partial charge in [0.15, 0.2) is 6.10 Å². The molecule has 3 rings (SSSR count). The number of aromatic nitrogens is 2. The summed E-state index contributed by atoms with van der Waals surface area (Å²) in [7, 11) is -1.20. The molecule has 2 N–H and O–H groups in total. The lowest BCUT2D eigenvalue weighted by Gasteiger charge is -2.32. The van der Waals surface area contributed by atoms with Crippen LogP contribution in [0.3, 0.4) is 0 Å². The van der Waals surface area contributed by atoms with Gasteiger partial charge in [0, 0.05) is 18.8 Å².